The molecule has 1 saturated heterocycles. The van der Waals surface area contributed by atoms with Crippen molar-refractivity contribution in [3.05, 3.63) is 41.5 Å². The van der Waals surface area contributed by atoms with E-state index in [1.54, 1.807) is 30.3 Å². The van der Waals surface area contributed by atoms with Crippen LogP contribution in [0.15, 0.2) is 35.9 Å². The lowest BCUT2D eigenvalue weighted by Gasteiger charge is -2.44. The Morgan fingerprint density at radius 3 is 1.81 bits per heavy atom. The Morgan fingerprint density at radius 1 is 0.778 bits per heavy atom. The molecule has 1 heterocycles. The molecule has 0 unspecified atom stereocenters. The zero-order chi connectivity index (χ0) is 26.8. The summed E-state index contributed by atoms with van der Waals surface area (Å²) in [5, 5.41) is 0. The molecule has 0 N–H and O–H groups in total. The van der Waals surface area contributed by atoms with E-state index in [4.69, 9.17) is 28.4 Å². The Labute approximate surface area is 208 Å². The highest BCUT2D eigenvalue weighted by molar-refractivity contribution is 5.93. The molecule has 0 radical (unpaired) electrons. The highest BCUT2D eigenvalue weighted by Crippen LogP contribution is 2.32. The van der Waals surface area contributed by atoms with Gasteiger partial charge in [-0.2, -0.15) is 0 Å². The first kappa shape index (κ1) is 28.5. The molecule has 0 spiro atoms. The molecule has 36 heavy (non-hydrogen) atoms. The third-order valence-corrected chi connectivity index (χ3v) is 5.10. The quantitative estimate of drug-likeness (QED) is 0.275. The molecule has 0 bridgehead atoms. The van der Waals surface area contributed by atoms with Crippen molar-refractivity contribution in [1.29, 1.82) is 0 Å². The summed E-state index contributed by atoms with van der Waals surface area (Å²) >= 11 is 0. The molecule has 0 aliphatic carbocycles. The van der Waals surface area contributed by atoms with E-state index >= 15 is 0 Å². The number of ether oxygens (including phenoxy) is 6. The zero-order valence-electron chi connectivity index (χ0n) is 20.8. The number of rotatable bonds is 9. The highest BCUT2D eigenvalue weighted by Gasteiger charge is 2.52. The summed E-state index contributed by atoms with van der Waals surface area (Å²) in [6, 6.07) is 8.94. The van der Waals surface area contributed by atoms with Gasteiger partial charge in [0.25, 0.3) is 0 Å². The number of hydrogen-bond donors (Lipinski definition) is 0. The van der Waals surface area contributed by atoms with Crippen molar-refractivity contribution in [2.45, 2.75) is 64.6 Å². The van der Waals surface area contributed by atoms with Crippen LogP contribution in [-0.2, 0) is 52.4 Å². The molecular weight excluding hydrogens is 476 g/mol. The summed E-state index contributed by atoms with van der Waals surface area (Å²) in [6.07, 6.45) is -4.58. The van der Waals surface area contributed by atoms with Gasteiger partial charge in [-0.05, 0) is 11.6 Å². The van der Waals surface area contributed by atoms with Crippen molar-refractivity contribution < 1.29 is 52.4 Å². The first-order valence-electron chi connectivity index (χ1n) is 11.2. The predicted octanol–water partition coefficient (Wildman–Crippen LogP) is 1.76. The number of esters is 5. The minimum absolute atomic E-state index is 0.138. The van der Waals surface area contributed by atoms with Crippen molar-refractivity contribution in [3.63, 3.8) is 0 Å². The smallest absolute Gasteiger partial charge is 0.333 e. The molecule has 0 amide bonds. The summed E-state index contributed by atoms with van der Waals surface area (Å²) < 4.78 is 32.3. The molecule has 0 aromatic heterocycles. The van der Waals surface area contributed by atoms with Crippen LogP contribution in [0.2, 0.25) is 0 Å². The average Bonchev–Trinajstić information content (AvgIpc) is 2.80. The fraction of sp³-hybridized carbons (Fsp3) is 0.480. The Hall–Kier alpha value is -3.73. The van der Waals surface area contributed by atoms with E-state index in [9.17, 15) is 24.0 Å². The van der Waals surface area contributed by atoms with Crippen LogP contribution in [0.4, 0.5) is 0 Å². The van der Waals surface area contributed by atoms with Gasteiger partial charge >= 0.3 is 29.8 Å². The third kappa shape index (κ3) is 8.49. The van der Waals surface area contributed by atoms with Crippen LogP contribution in [0.1, 0.15) is 39.7 Å². The standard InChI is InChI=1S/C25H30O11/c1-14(26)32-13-21-23(34-16(3)28)24(35-17(4)29)22(33-15(2)27)20(36-21)12-19(25(30)31-5)11-18-9-7-6-8-10-18/h6-11,20-24H,12-13H2,1-5H3/b19-11-/t20-,21-,22+,23+,24-/m1/s1. The lowest BCUT2D eigenvalue weighted by molar-refractivity contribution is -0.252. The van der Waals surface area contributed by atoms with Crippen LogP contribution >= 0.6 is 0 Å². The van der Waals surface area contributed by atoms with Gasteiger partial charge in [0, 0.05) is 39.7 Å². The van der Waals surface area contributed by atoms with Crippen LogP contribution in [0, 0.1) is 0 Å². The maximum Gasteiger partial charge on any atom is 0.333 e. The van der Waals surface area contributed by atoms with Gasteiger partial charge in [0.2, 0.25) is 0 Å². The molecule has 11 nitrogen and oxygen atoms in total. The fourth-order valence-corrected chi connectivity index (χ4v) is 3.78. The molecule has 1 aromatic carbocycles. The Morgan fingerprint density at radius 2 is 1.31 bits per heavy atom. The van der Waals surface area contributed by atoms with Crippen molar-refractivity contribution >= 4 is 35.9 Å². The summed E-state index contributed by atoms with van der Waals surface area (Å²) in [6.45, 7) is 4.25. The number of benzene rings is 1. The van der Waals surface area contributed by atoms with Gasteiger partial charge in [0.05, 0.1) is 7.11 Å². The molecular formula is C25H30O11. The molecule has 1 aliphatic rings. The predicted molar refractivity (Wildman–Crippen MR) is 123 cm³/mol. The van der Waals surface area contributed by atoms with Gasteiger partial charge in [-0.25, -0.2) is 4.79 Å². The van der Waals surface area contributed by atoms with Crippen LogP contribution < -0.4 is 0 Å². The zero-order valence-corrected chi connectivity index (χ0v) is 20.8. The number of methoxy groups -OCH3 is 1. The van der Waals surface area contributed by atoms with Crippen molar-refractivity contribution in [2.24, 2.45) is 0 Å². The van der Waals surface area contributed by atoms with Crippen LogP contribution in [0.5, 0.6) is 0 Å². The Bertz CT molecular complexity index is 985. The second kappa shape index (κ2) is 13.4. The number of carbonyl (C=O) groups excluding carboxylic acids is 5. The van der Waals surface area contributed by atoms with Gasteiger partial charge in [0.1, 0.15) is 18.8 Å². The topological polar surface area (TPSA) is 141 Å². The van der Waals surface area contributed by atoms with E-state index < -0.39 is 60.4 Å². The largest absolute Gasteiger partial charge is 0.466 e. The van der Waals surface area contributed by atoms with Crippen molar-refractivity contribution in [1.82, 2.24) is 0 Å². The molecule has 5 atom stereocenters. The van der Waals surface area contributed by atoms with Gasteiger partial charge in [-0.15, -0.1) is 0 Å². The van der Waals surface area contributed by atoms with Gasteiger partial charge in [-0.1, -0.05) is 30.3 Å². The monoisotopic (exact) mass is 506 g/mol. The van der Waals surface area contributed by atoms with E-state index in [0.717, 1.165) is 20.8 Å². The summed E-state index contributed by atoms with van der Waals surface area (Å²) in [4.78, 5) is 59.9. The van der Waals surface area contributed by atoms with E-state index in [1.165, 1.54) is 14.0 Å². The van der Waals surface area contributed by atoms with E-state index in [2.05, 4.69) is 0 Å². The molecule has 0 saturated carbocycles. The molecule has 1 fully saturated rings. The number of hydrogen-bond acceptors (Lipinski definition) is 11. The van der Waals surface area contributed by atoms with E-state index in [1.807, 2.05) is 6.07 Å². The van der Waals surface area contributed by atoms with E-state index in [-0.39, 0.29) is 18.6 Å². The maximum absolute atomic E-state index is 12.6. The highest BCUT2D eigenvalue weighted by atomic mass is 16.7. The summed E-state index contributed by atoms with van der Waals surface area (Å²) in [5.74, 6) is -3.48. The normalized spacial score (nSPS) is 23.7. The van der Waals surface area contributed by atoms with Crippen molar-refractivity contribution in [2.75, 3.05) is 13.7 Å². The second-order valence-electron chi connectivity index (χ2n) is 8.01. The second-order valence-corrected chi connectivity index (χ2v) is 8.01. The molecule has 11 heteroatoms. The maximum atomic E-state index is 12.6. The summed E-state index contributed by atoms with van der Waals surface area (Å²) in [7, 11) is 1.22. The SMILES string of the molecule is COC(=O)/C(=C\c1ccccc1)C[C@H]1O[C@H](COC(C)=O)[C@H](OC(C)=O)[C@H](OC(C)=O)[C@H]1OC(C)=O. The third-order valence-electron chi connectivity index (χ3n) is 5.10. The molecule has 196 valence electrons. The lowest BCUT2D eigenvalue weighted by atomic mass is 9.90. The fourth-order valence-electron chi connectivity index (χ4n) is 3.78. The first-order chi connectivity index (χ1) is 17.0. The van der Waals surface area contributed by atoms with Crippen LogP contribution in [-0.4, -0.2) is 74.1 Å². The van der Waals surface area contributed by atoms with Crippen molar-refractivity contribution in [3.8, 4) is 0 Å². The minimum Gasteiger partial charge on any atom is -0.466 e. The van der Waals surface area contributed by atoms with Gasteiger partial charge < -0.3 is 28.4 Å². The average molecular weight is 507 g/mol. The van der Waals surface area contributed by atoms with Crippen LogP contribution in [0.25, 0.3) is 6.08 Å². The van der Waals surface area contributed by atoms with Gasteiger partial charge in [-0.3, -0.25) is 19.2 Å². The molecule has 1 aliphatic heterocycles. The molecule has 2 rings (SSSR count). The lowest BCUT2D eigenvalue weighted by Crippen LogP contribution is -2.62. The minimum atomic E-state index is -1.31. The first-order valence-corrected chi connectivity index (χ1v) is 11.2. The Kier molecular flexibility index (Phi) is 10.6. The molecule has 1 aromatic rings. The van der Waals surface area contributed by atoms with Gasteiger partial charge in [0.15, 0.2) is 18.3 Å². The van der Waals surface area contributed by atoms with E-state index in [0.29, 0.717) is 5.56 Å². The van der Waals surface area contributed by atoms with Crippen LogP contribution in [0.3, 0.4) is 0 Å². The number of carbonyl (C=O) groups is 5. The Balaban J connectivity index is 2.54. The summed E-state index contributed by atoms with van der Waals surface area (Å²) in [5.41, 5.74) is 0.869.